The molecule has 0 saturated carbocycles. The van der Waals surface area contributed by atoms with E-state index in [-0.39, 0.29) is 5.41 Å². The van der Waals surface area contributed by atoms with Crippen LogP contribution in [0.25, 0.3) is 0 Å². The lowest BCUT2D eigenvalue weighted by atomic mass is 9.89. The summed E-state index contributed by atoms with van der Waals surface area (Å²) in [4.78, 5) is 0. The highest BCUT2D eigenvalue weighted by Gasteiger charge is 2.15. The molecule has 118 valence electrons. The van der Waals surface area contributed by atoms with E-state index in [0.29, 0.717) is 6.04 Å². The summed E-state index contributed by atoms with van der Waals surface area (Å²) in [6, 6.07) is 5.08. The van der Waals surface area contributed by atoms with Crippen molar-refractivity contribution in [2.75, 3.05) is 6.54 Å². The van der Waals surface area contributed by atoms with Crippen LogP contribution >= 0.6 is 0 Å². The summed E-state index contributed by atoms with van der Waals surface area (Å²) in [5.41, 5.74) is 1.21. The Morgan fingerprint density at radius 1 is 1.33 bits per heavy atom. The van der Waals surface area contributed by atoms with Gasteiger partial charge in [-0.1, -0.05) is 20.3 Å². The van der Waals surface area contributed by atoms with Gasteiger partial charge < -0.3 is 9.88 Å². The monoisotopic (exact) mass is 289 g/mol. The van der Waals surface area contributed by atoms with Gasteiger partial charge >= 0.3 is 0 Å². The maximum Gasteiger partial charge on any atom is 0.0683 e. The predicted molar refractivity (Wildman–Crippen MR) is 89.0 cm³/mol. The van der Waals surface area contributed by atoms with Crippen molar-refractivity contribution in [2.45, 2.75) is 72.4 Å². The minimum absolute atomic E-state index is 0.181. The Morgan fingerprint density at radius 3 is 2.71 bits per heavy atom. The highest BCUT2D eigenvalue weighted by Crippen LogP contribution is 2.22. The Morgan fingerprint density at radius 2 is 2.10 bits per heavy atom. The molecule has 0 aromatic carbocycles. The second-order valence-electron chi connectivity index (χ2n) is 6.55. The predicted octanol–water partition coefficient (Wildman–Crippen LogP) is 4.66. The Hall–Kier alpha value is -1.27. The molecule has 0 aliphatic heterocycles. The summed E-state index contributed by atoms with van der Waals surface area (Å²) in [6.07, 6.45) is 9.98. The third-order valence-electron chi connectivity index (χ3n) is 4.00. The number of aryl methyl sites for hydroxylation is 1. The minimum Gasteiger partial charge on any atom is -0.354 e. The molecular weight excluding hydrogens is 258 g/mol. The van der Waals surface area contributed by atoms with Gasteiger partial charge in [0.2, 0.25) is 0 Å². The molecule has 0 amide bonds. The van der Waals surface area contributed by atoms with Gasteiger partial charge in [0, 0.05) is 25.0 Å². The average molecular weight is 289 g/mol. The van der Waals surface area contributed by atoms with E-state index in [1.54, 1.807) is 0 Å². The van der Waals surface area contributed by atoms with Gasteiger partial charge in [-0.2, -0.15) is 5.26 Å². The van der Waals surface area contributed by atoms with Gasteiger partial charge in [0.05, 0.1) is 11.5 Å². The number of nitrogens with zero attached hydrogens (tertiary/aromatic N) is 2. The molecule has 0 fully saturated rings. The van der Waals surface area contributed by atoms with Crippen LogP contribution in [-0.4, -0.2) is 11.1 Å². The van der Waals surface area contributed by atoms with Gasteiger partial charge in [0.1, 0.15) is 0 Å². The van der Waals surface area contributed by atoms with Crippen molar-refractivity contribution >= 4 is 0 Å². The lowest BCUT2D eigenvalue weighted by Crippen LogP contribution is -2.21. The van der Waals surface area contributed by atoms with Crippen molar-refractivity contribution in [2.24, 2.45) is 5.41 Å². The van der Waals surface area contributed by atoms with Crippen LogP contribution in [0.15, 0.2) is 18.5 Å². The van der Waals surface area contributed by atoms with Crippen LogP contribution in [0.4, 0.5) is 0 Å². The molecule has 3 heteroatoms. The molecule has 0 spiro atoms. The first-order valence-corrected chi connectivity index (χ1v) is 8.32. The second-order valence-corrected chi connectivity index (χ2v) is 6.55. The van der Waals surface area contributed by atoms with Crippen molar-refractivity contribution in [3.05, 3.63) is 24.0 Å². The molecule has 0 bridgehead atoms. The van der Waals surface area contributed by atoms with Crippen molar-refractivity contribution in [3.63, 3.8) is 0 Å². The Bertz CT molecular complexity index is 440. The number of aromatic nitrogens is 1. The molecule has 1 aromatic heterocycles. The Balaban J connectivity index is 2.39. The highest BCUT2D eigenvalue weighted by molar-refractivity contribution is 5.15. The lowest BCUT2D eigenvalue weighted by molar-refractivity contribution is 0.417. The van der Waals surface area contributed by atoms with Gasteiger partial charge in [-0.3, -0.25) is 0 Å². The summed E-state index contributed by atoms with van der Waals surface area (Å²) in [6.45, 7) is 10.6. The first-order valence-electron chi connectivity index (χ1n) is 8.32. The second kappa shape index (κ2) is 8.89. The summed E-state index contributed by atoms with van der Waals surface area (Å²) in [5.74, 6) is 0. The van der Waals surface area contributed by atoms with Crippen LogP contribution in [0.5, 0.6) is 0 Å². The van der Waals surface area contributed by atoms with Gasteiger partial charge in [-0.15, -0.1) is 0 Å². The van der Waals surface area contributed by atoms with Crippen LogP contribution in [0, 0.1) is 16.7 Å². The summed E-state index contributed by atoms with van der Waals surface area (Å²) in [5, 5.41) is 12.6. The SMILES string of the molecule is CCCNC(CC)c1ccn(CCCCC(C)(C)C#N)c1. The normalized spacial score (nSPS) is 13.1. The van der Waals surface area contributed by atoms with Gasteiger partial charge in [0.15, 0.2) is 0 Å². The third kappa shape index (κ3) is 6.35. The lowest BCUT2D eigenvalue weighted by Gasteiger charge is -2.15. The number of rotatable bonds is 10. The molecule has 1 rings (SSSR count). The van der Waals surface area contributed by atoms with Crippen molar-refractivity contribution in [1.82, 2.24) is 9.88 Å². The fourth-order valence-electron chi connectivity index (χ4n) is 2.54. The summed E-state index contributed by atoms with van der Waals surface area (Å²) in [7, 11) is 0. The average Bonchev–Trinajstić information content (AvgIpc) is 2.93. The van der Waals surface area contributed by atoms with E-state index in [0.717, 1.165) is 38.8 Å². The Kier molecular flexibility index (Phi) is 7.53. The Labute approximate surface area is 130 Å². The molecule has 1 N–H and O–H groups in total. The van der Waals surface area contributed by atoms with E-state index in [2.05, 4.69) is 48.3 Å². The molecular formula is C18H31N3. The smallest absolute Gasteiger partial charge is 0.0683 e. The van der Waals surface area contributed by atoms with E-state index in [9.17, 15) is 0 Å². The maximum absolute atomic E-state index is 9.01. The molecule has 1 heterocycles. The van der Waals surface area contributed by atoms with Crippen LogP contribution in [0.2, 0.25) is 0 Å². The van der Waals surface area contributed by atoms with E-state index in [1.807, 2.05) is 13.8 Å². The summed E-state index contributed by atoms with van der Waals surface area (Å²) >= 11 is 0. The fourth-order valence-corrected chi connectivity index (χ4v) is 2.54. The molecule has 21 heavy (non-hydrogen) atoms. The number of nitriles is 1. The molecule has 1 unspecified atom stereocenters. The topological polar surface area (TPSA) is 40.8 Å². The van der Waals surface area contributed by atoms with Crippen LogP contribution in [0.3, 0.4) is 0 Å². The number of unbranched alkanes of at least 4 members (excludes halogenated alkanes) is 1. The molecule has 0 radical (unpaired) electrons. The number of hydrogen-bond acceptors (Lipinski definition) is 2. The largest absolute Gasteiger partial charge is 0.354 e. The quantitative estimate of drug-likeness (QED) is 0.636. The van der Waals surface area contributed by atoms with Gasteiger partial charge in [-0.25, -0.2) is 0 Å². The van der Waals surface area contributed by atoms with E-state index < -0.39 is 0 Å². The zero-order chi connectivity index (χ0) is 15.7. The number of nitrogens with one attached hydrogen (secondary N) is 1. The summed E-state index contributed by atoms with van der Waals surface area (Å²) < 4.78 is 2.28. The van der Waals surface area contributed by atoms with Crippen LogP contribution in [-0.2, 0) is 6.54 Å². The van der Waals surface area contributed by atoms with E-state index in [1.165, 1.54) is 12.0 Å². The molecule has 0 aliphatic rings. The fraction of sp³-hybridized carbons (Fsp3) is 0.722. The van der Waals surface area contributed by atoms with Gasteiger partial charge in [0.25, 0.3) is 0 Å². The molecule has 0 saturated heterocycles. The first kappa shape index (κ1) is 17.8. The zero-order valence-corrected chi connectivity index (χ0v) is 14.2. The van der Waals surface area contributed by atoms with Crippen molar-refractivity contribution in [1.29, 1.82) is 5.26 Å². The highest BCUT2D eigenvalue weighted by atomic mass is 15.0. The van der Waals surface area contributed by atoms with Crippen molar-refractivity contribution in [3.8, 4) is 6.07 Å². The third-order valence-corrected chi connectivity index (χ3v) is 4.00. The van der Waals surface area contributed by atoms with Crippen LogP contribution in [0.1, 0.15) is 71.4 Å². The van der Waals surface area contributed by atoms with Crippen LogP contribution < -0.4 is 5.32 Å². The maximum atomic E-state index is 9.01. The molecule has 1 aromatic rings. The molecule has 0 aliphatic carbocycles. The zero-order valence-electron chi connectivity index (χ0n) is 14.2. The van der Waals surface area contributed by atoms with E-state index >= 15 is 0 Å². The van der Waals surface area contributed by atoms with Crippen molar-refractivity contribution < 1.29 is 0 Å². The first-order chi connectivity index (χ1) is 10.0. The standard InChI is InChI=1S/C18H31N3/c1-5-11-20-17(6-2)16-9-13-21(14-16)12-8-7-10-18(3,4)15-19/h9,13-14,17,20H,5-8,10-12H2,1-4H3. The minimum atomic E-state index is -0.181. The molecule has 3 nitrogen and oxygen atoms in total. The van der Waals surface area contributed by atoms with Gasteiger partial charge in [-0.05, 0) is 57.7 Å². The van der Waals surface area contributed by atoms with E-state index in [4.69, 9.17) is 5.26 Å². The molecule has 1 atom stereocenters. The number of hydrogen-bond donors (Lipinski definition) is 1.